The van der Waals surface area contributed by atoms with Crippen LogP contribution in [0.2, 0.25) is 0 Å². The van der Waals surface area contributed by atoms with Gasteiger partial charge in [0, 0.05) is 30.5 Å². The van der Waals surface area contributed by atoms with Crippen LogP contribution in [0.1, 0.15) is 56.3 Å². The molecule has 0 unspecified atom stereocenters. The Morgan fingerprint density at radius 2 is 1.83 bits per heavy atom. The third-order valence-electron chi connectivity index (χ3n) is 6.01. The monoisotopic (exact) mass is 430 g/mol. The van der Waals surface area contributed by atoms with Crippen molar-refractivity contribution in [3.63, 3.8) is 0 Å². The van der Waals surface area contributed by atoms with E-state index in [1.807, 2.05) is 24.8 Å². The van der Waals surface area contributed by atoms with E-state index in [-0.39, 0.29) is 28.0 Å². The number of benzene rings is 2. The molecule has 1 fully saturated rings. The van der Waals surface area contributed by atoms with Crippen LogP contribution in [0.4, 0.5) is 4.39 Å². The highest BCUT2D eigenvalue weighted by Gasteiger charge is 2.39. The highest BCUT2D eigenvalue weighted by Crippen LogP contribution is 2.38. The smallest absolute Gasteiger partial charge is 0.241 e. The molecule has 5 nitrogen and oxygen atoms in total. The van der Waals surface area contributed by atoms with Crippen molar-refractivity contribution in [3.8, 4) is 0 Å². The number of rotatable bonds is 5. The zero-order chi connectivity index (χ0) is 21.7. The van der Waals surface area contributed by atoms with E-state index >= 15 is 0 Å². The Bertz CT molecular complexity index is 1080. The molecule has 2 aromatic carbocycles. The number of halogens is 1. The lowest BCUT2D eigenvalue weighted by Gasteiger charge is -2.40. The molecule has 1 aliphatic carbocycles. The van der Waals surface area contributed by atoms with Crippen molar-refractivity contribution in [1.82, 2.24) is 9.62 Å². The summed E-state index contributed by atoms with van der Waals surface area (Å²) in [6.45, 7) is 6.92. The lowest BCUT2D eigenvalue weighted by molar-refractivity contribution is -0.134. The van der Waals surface area contributed by atoms with Gasteiger partial charge >= 0.3 is 0 Å². The number of carbonyl (C=O) groups excluding carboxylic acids is 1. The van der Waals surface area contributed by atoms with Crippen molar-refractivity contribution in [2.24, 2.45) is 5.92 Å². The van der Waals surface area contributed by atoms with Crippen molar-refractivity contribution >= 4 is 15.9 Å². The van der Waals surface area contributed by atoms with Crippen molar-refractivity contribution in [2.75, 3.05) is 6.54 Å². The average molecular weight is 431 g/mol. The number of nitrogens with zero attached hydrogens (tertiary/aromatic N) is 1. The van der Waals surface area contributed by atoms with Gasteiger partial charge in [-0.25, -0.2) is 17.5 Å². The first-order chi connectivity index (χ1) is 14.1. The molecular formula is C23H27FN2O3S. The Labute approximate surface area is 177 Å². The minimum Gasteiger partial charge on any atom is -0.337 e. The standard InChI is InChI=1S/C23H27FN2O3S/c1-15(16-6-9-19(24)10-7-16)25-30(28,29)20-11-8-18-13-26(22(27)17-4-5-17)14-23(2,3)21(18)12-20/h6-12,15,17,25H,4-5,13-14H2,1-3H3/t15-/m0/s1. The Balaban J connectivity index is 1.58. The van der Waals surface area contributed by atoms with Crippen molar-refractivity contribution in [3.05, 3.63) is 65.0 Å². The number of carbonyl (C=O) groups is 1. The summed E-state index contributed by atoms with van der Waals surface area (Å²) in [6, 6.07) is 10.4. The van der Waals surface area contributed by atoms with Gasteiger partial charge in [-0.1, -0.05) is 32.0 Å². The van der Waals surface area contributed by atoms with Gasteiger partial charge in [0.05, 0.1) is 4.90 Å². The molecule has 1 amide bonds. The van der Waals surface area contributed by atoms with Crippen molar-refractivity contribution in [2.45, 2.75) is 56.5 Å². The SMILES string of the molecule is C[C@H](NS(=O)(=O)c1ccc2c(c1)C(C)(C)CN(C(=O)C1CC1)C2)c1ccc(F)cc1. The van der Waals surface area contributed by atoms with Gasteiger partial charge in [0.1, 0.15) is 5.82 Å². The number of amides is 1. The molecule has 0 bridgehead atoms. The highest BCUT2D eigenvalue weighted by atomic mass is 32.2. The van der Waals surface area contributed by atoms with Crippen LogP contribution in [0.3, 0.4) is 0 Å². The van der Waals surface area contributed by atoms with Gasteiger partial charge in [0.2, 0.25) is 15.9 Å². The quantitative estimate of drug-likeness (QED) is 0.783. The molecule has 160 valence electrons. The maximum Gasteiger partial charge on any atom is 0.241 e. The number of hydrogen-bond donors (Lipinski definition) is 1. The summed E-state index contributed by atoms with van der Waals surface area (Å²) in [4.78, 5) is 14.7. The molecule has 0 spiro atoms. The van der Waals surface area contributed by atoms with E-state index < -0.39 is 16.1 Å². The first-order valence-electron chi connectivity index (χ1n) is 10.3. The zero-order valence-electron chi connectivity index (χ0n) is 17.5. The molecule has 1 heterocycles. The number of sulfonamides is 1. The average Bonchev–Trinajstić information content (AvgIpc) is 3.52. The summed E-state index contributed by atoms with van der Waals surface area (Å²) in [5.41, 5.74) is 2.30. The third-order valence-corrected chi connectivity index (χ3v) is 7.55. The van der Waals surface area contributed by atoms with Crippen LogP contribution < -0.4 is 4.72 Å². The molecule has 1 aliphatic heterocycles. The first kappa shape index (κ1) is 21.0. The summed E-state index contributed by atoms with van der Waals surface area (Å²) in [5, 5.41) is 0. The van der Waals surface area contributed by atoms with Gasteiger partial charge < -0.3 is 4.90 Å². The zero-order valence-corrected chi connectivity index (χ0v) is 18.3. The van der Waals surface area contributed by atoms with Crippen molar-refractivity contribution < 1.29 is 17.6 Å². The van der Waals surface area contributed by atoms with Crippen LogP contribution >= 0.6 is 0 Å². The van der Waals surface area contributed by atoms with E-state index in [4.69, 9.17) is 0 Å². The molecule has 7 heteroatoms. The fourth-order valence-corrected chi connectivity index (χ4v) is 5.44. The maximum atomic E-state index is 13.1. The van der Waals surface area contributed by atoms with Gasteiger partial charge in [-0.3, -0.25) is 4.79 Å². The predicted octanol–water partition coefficient (Wildman–Crippen LogP) is 3.90. The largest absolute Gasteiger partial charge is 0.337 e. The molecule has 1 N–H and O–H groups in total. The van der Waals surface area contributed by atoms with Crippen LogP contribution in [0.5, 0.6) is 0 Å². The second-order valence-corrected chi connectivity index (χ2v) is 10.8. The van der Waals surface area contributed by atoms with E-state index in [1.54, 1.807) is 31.2 Å². The number of hydrogen-bond acceptors (Lipinski definition) is 3. The minimum absolute atomic E-state index is 0.166. The lowest BCUT2D eigenvalue weighted by Crippen LogP contribution is -2.45. The molecule has 1 saturated carbocycles. The van der Waals surface area contributed by atoms with Crippen LogP contribution in [0, 0.1) is 11.7 Å². The van der Waals surface area contributed by atoms with Gasteiger partial charge in [0.15, 0.2) is 0 Å². The van der Waals surface area contributed by atoms with E-state index in [1.165, 1.54) is 12.1 Å². The Morgan fingerprint density at radius 3 is 2.47 bits per heavy atom. The number of nitrogens with one attached hydrogen (secondary N) is 1. The molecule has 0 aromatic heterocycles. The second-order valence-electron chi connectivity index (χ2n) is 9.07. The summed E-state index contributed by atoms with van der Waals surface area (Å²) in [6.07, 6.45) is 1.94. The molecule has 30 heavy (non-hydrogen) atoms. The second kappa shape index (κ2) is 7.46. The van der Waals surface area contributed by atoms with Gasteiger partial charge in [-0.2, -0.15) is 0 Å². The normalized spacial score (nSPS) is 19.3. The molecular weight excluding hydrogens is 403 g/mol. The van der Waals surface area contributed by atoms with E-state index in [0.717, 1.165) is 24.0 Å². The summed E-state index contributed by atoms with van der Waals surface area (Å²) >= 11 is 0. The van der Waals surface area contributed by atoms with Crippen LogP contribution in [-0.4, -0.2) is 25.8 Å². The Hall–Kier alpha value is -2.25. The molecule has 0 radical (unpaired) electrons. The fourth-order valence-electron chi connectivity index (χ4n) is 4.18. The first-order valence-corrected chi connectivity index (χ1v) is 11.8. The predicted molar refractivity (Wildman–Crippen MR) is 113 cm³/mol. The molecule has 4 rings (SSSR count). The highest BCUT2D eigenvalue weighted by molar-refractivity contribution is 7.89. The van der Waals surface area contributed by atoms with Gasteiger partial charge in [0.25, 0.3) is 0 Å². The van der Waals surface area contributed by atoms with Crippen molar-refractivity contribution in [1.29, 1.82) is 0 Å². The maximum absolute atomic E-state index is 13.1. The molecule has 2 aliphatic rings. The summed E-state index contributed by atoms with van der Waals surface area (Å²) in [7, 11) is -3.76. The Kier molecular flexibility index (Phi) is 5.22. The fraction of sp³-hybridized carbons (Fsp3) is 0.435. The Morgan fingerprint density at radius 1 is 1.17 bits per heavy atom. The molecule has 1 atom stereocenters. The number of fused-ring (bicyclic) bond motifs is 1. The molecule has 2 aromatic rings. The topological polar surface area (TPSA) is 66.5 Å². The molecule has 0 saturated heterocycles. The third kappa shape index (κ3) is 4.14. The van der Waals surface area contributed by atoms with Gasteiger partial charge in [-0.15, -0.1) is 0 Å². The van der Waals surface area contributed by atoms with Crippen LogP contribution in [-0.2, 0) is 26.8 Å². The van der Waals surface area contributed by atoms with E-state index in [9.17, 15) is 17.6 Å². The van der Waals surface area contributed by atoms with E-state index in [2.05, 4.69) is 4.72 Å². The van der Waals surface area contributed by atoms with Gasteiger partial charge in [-0.05, 0) is 60.7 Å². The summed E-state index contributed by atoms with van der Waals surface area (Å²) in [5.74, 6) is 0.0132. The van der Waals surface area contributed by atoms with Crippen LogP contribution in [0.15, 0.2) is 47.4 Å². The minimum atomic E-state index is -3.76. The summed E-state index contributed by atoms with van der Waals surface area (Å²) < 4.78 is 41.8. The lowest BCUT2D eigenvalue weighted by atomic mass is 9.78. The van der Waals surface area contributed by atoms with Crippen LogP contribution in [0.25, 0.3) is 0 Å². The van der Waals surface area contributed by atoms with E-state index in [0.29, 0.717) is 18.7 Å².